The number of hydrogen-bond acceptors (Lipinski definition) is 2. The molecule has 0 saturated heterocycles. The van der Waals surface area contributed by atoms with Crippen LogP contribution in [0, 0.1) is 0 Å². The molecule has 0 aromatic heterocycles. The van der Waals surface area contributed by atoms with E-state index < -0.39 is 0 Å². The largest absolute Gasteiger partial charge is 0.310 e. The van der Waals surface area contributed by atoms with Crippen molar-refractivity contribution in [2.45, 2.75) is 13.3 Å². The van der Waals surface area contributed by atoms with E-state index in [0.717, 1.165) is 46.1 Å². The van der Waals surface area contributed by atoms with Crippen molar-refractivity contribution in [1.29, 1.82) is 0 Å². The Labute approximate surface area is 373 Å². The lowest BCUT2D eigenvalue weighted by Crippen LogP contribution is -2.10. The smallest absolute Gasteiger partial charge is 0.0540 e. The zero-order chi connectivity index (χ0) is 42.7. The third kappa shape index (κ3) is 6.02. The molecule has 0 heterocycles. The van der Waals surface area contributed by atoms with E-state index in [-0.39, 0.29) is 0 Å². The number of nitrogens with zero attached hydrogens (tertiary/aromatic N) is 2. The SMILES string of the molecule is C=Cc1ccc(N(c2ccc3c4ccccc4c4c5cc(N(c6ccc(CC)cc6)c6cccc7ccccc67)ccc5c5ccccc5c4c3c2)c2cccc3ccccc23)cc1. The molecule has 12 rings (SSSR count). The van der Waals surface area contributed by atoms with Crippen LogP contribution in [0.5, 0.6) is 0 Å². The number of rotatable bonds is 8. The summed E-state index contributed by atoms with van der Waals surface area (Å²) in [4.78, 5) is 4.87. The Balaban J connectivity index is 1.19. The van der Waals surface area contributed by atoms with Gasteiger partial charge in [-0.2, -0.15) is 0 Å². The van der Waals surface area contributed by atoms with E-state index in [2.05, 4.69) is 242 Å². The standard InChI is InChI=1S/C62H44N2/c1-3-41-27-31-45(32-28-41)63(59-25-13-17-43-15-5-7-19-49(43)59)47-35-37-53-51-21-9-12-24-56(51)62-58-40-48(36-38-54(58)52-22-10-11-23-55(52)61(62)57(53)39-47)64(46-33-29-42(4-2)30-34-46)60-26-14-18-44-16-6-8-20-50(44)60/h3,5-40H,1,4H2,2H3. The van der Waals surface area contributed by atoms with Crippen LogP contribution in [0.3, 0.4) is 0 Å². The third-order valence-corrected chi connectivity index (χ3v) is 13.3. The highest BCUT2D eigenvalue weighted by atomic mass is 15.1. The first-order chi connectivity index (χ1) is 31.7. The fourth-order valence-corrected chi connectivity index (χ4v) is 10.2. The van der Waals surface area contributed by atoms with Crippen LogP contribution in [0.2, 0.25) is 0 Å². The molecule has 302 valence electrons. The van der Waals surface area contributed by atoms with Crippen molar-refractivity contribution >= 4 is 116 Å². The van der Waals surface area contributed by atoms with Gasteiger partial charge in [-0.3, -0.25) is 0 Å². The summed E-state index contributed by atoms with van der Waals surface area (Å²) in [5.41, 5.74) is 9.14. The van der Waals surface area contributed by atoms with E-state index in [4.69, 9.17) is 0 Å². The fraction of sp³-hybridized carbons (Fsp3) is 0.0323. The highest BCUT2D eigenvalue weighted by molar-refractivity contribution is 6.40. The molecule has 0 amide bonds. The van der Waals surface area contributed by atoms with Crippen LogP contribution in [0.15, 0.2) is 225 Å². The van der Waals surface area contributed by atoms with Gasteiger partial charge in [0.15, 0.2) is 0 Å². The number of benzene rings is 12. The summed E-state index contributed by atoms with van der Waals surface area (Å²) in [6, 6.07) is 80.7. The first-order valence-electron chi connectivity index (χ1n) is 22.3. The van der Waals surface area contributed by atoms with Crippen molar-refractivity contribution in [3.8, 4) is 0 Å². The number of anilines is 6. The van der Waals surface area contributed by atoms with Gasteiger partial charge in [0, 0.05) is 33.5 Å². The molecular formula is C62H44N2. The van der Waals surface area contributed by atoms with Gasteiger partial charge in [0.05, 0.1) is 11.4 Å². The molecule has 0 bridgehead atoms. The zero-order valence-corrected chi connectivity index (χ0v) is 35.7. The lowest BCUT2D eigenvalue weighted by molar-refractivity contribution is 1.14. The second-order valence-electron chi connectivity index (χ2n) is 16.8. The van der Waals surface area contributed by atoms with Crippen LogP contribution in [0.1, 0.15) is 18.1 Å². The molecule has 0 atom stereocenters. The maximum Gasteiger partial charge on any atom is 0.0540 e. The Morgan fingerprint density at radius 3 is 1.17 bits per heavy atom. The maximum absolute atomic E-state index is 4.04. The van der Waals surface area contributed by atoms with E-state index in [1.807, 2.05) is 6.08 Å². The van der Waals surface area contributed by atoms with Crippen LogP contribution >= 0.6 is 0 Å². The lowest BCUT2D eigenvalue weighted by atomic mass is 9.86. The first kappa shape index (κ1) is 37.6. The Morgan fingerprint density at radius 2 is 0.719 bits per heavy atom. The normalized spacial score (nSPS) is 11.6. The number of hydrogen-bond donors (Lipinski definition) is 0. The van der Waals surface area contributed by atoms with Gasteiger partial charge >= 0.3 is 0 Å². The molecule has 0 saturated carbocycles. The van der Waals surface area contributed by atoms with E-state index in [1.54, 1.807) is 0 Å². The number of fused-ring (bicyclic) bond motifs is 13. The van der Waals surface area contributed by atoms with Gasteiger partial charge in [0.25, 0.3) is 0 Å². The molecule has 0 aliphatic rings. The molecule has 2 heteroatoms. The summed E-state index contributed by atoms with van der Waals surface area (Å²) in [5.74, 6) is 0. The molecule has 64 heavy (non-hydrogen) atoms. The van der Waals surface area contributed by atoms with Crippen molar-refractivity contribution in [3.63, 3.8) is 0 Å². The van der Waals surface area contributed by atoms with Crippen molar-refractivity contribution in [3.05, 3.63) is 236 Å². The van der Waals surface area contributed by atoms with Crippen LogP contribution in [0.4, 0.5) is 34.1 Å². The fourth-order valence-electron chi connectivity index (χ4n) is 10.2. The minimum Gasteiger partial charge on any atom is -0.310 e. The van der Waals surface area contributed by atoms with E-state index in [0.29, 0.717) is 0 Å². The third-order valence-electron chi connectivity index (χ3n) is 13.3. The summed E-state index contributed by atoms with van der Waals surface area (Å²) in [5, 5.41) is 17.3. The first-order valence-corrected chi connectivity index (χ1v) is 22.3. The minimum absolute atomic E-state index is 0.994. The lowest BCUT2D eigenvalue weighted by Gasteiger charge is -2.28. The zero-order valence-electron chi connectivity index (χ0n) is 35.7. The van der Waals surface area contributed by atoms with Crippen molar-refractivity contribution in [2.24, 2.45) is 0 Å². The van der Waals surface area contributed by atoms with Gasteiger partial charge in [-0.1, -0.05) is 177 Å². The molecule has 0 spiro atoms. The molecule has 0 N–H and O–H groups in total. The molecule has 12 aromatic carbocycles. The molecule has 2 nitrogen and oxygen atoms in total. The predicted molar refractivity (Wildman–Crippen MR) is 278 cm³/mol. The summed E-state index contributed by atoms with van der Waals surface area (Å²) in [7, 11) is 0. The highest BCUT2D eigenvalue weighted by Gasteiger charge is 2.22. The summed E-state index contributed by atoms with van der Waals surface area (Å²) in [6.07, 6.45) is 2.90. The molecule has 0 unspecified atom stereocenters. The molecule has 12 aromatic rings. The second-order valence-corrected chi connectivity index (χ2v) is 16.8. The van der Waals surface area contributed by atoms with Gasteiger partial charge in [0.1, 0.15) is 0 Å². The average molecular weight is 817 g/mol. The molecule has 0 aliphatic carbocycles. The van der Waals surface area contributed by atoms with Gasteiger partial charge in [-0.05, 0) is 143 Å². The van der Waals surface area contributed by atoms with Crippen LogP contribution in [0.25, 0.3) is 81.5 Å². The van der Waals surface area contributed by atoms with Gasteiger partial charge in [-0.25, -0.2) is 0 Å². The molecule has 0 aliphatic heterocycles. The van der Waals surface area contributed by atoms with Crippen LogP contribution in [-0.4, -0.2) is 0 Å². The molecule has 0 radical (unpaired) electrons. The summed E-state index contributed by atoms with van der Waals surface area (Å²) >= 11 is 0. The Morgan fingerprint density at radius 1 is 0.344 bits per heavy atom. The highest BCUT2D eigenvalue weighted by Crippen LogP contribution is 2.49. The van der Waals surface area contributed by atoms with Crippen LogP contribution < -0.4 is 9.80 Å². The summed E-state index contributed by atoms with van der Waals surface area (Å²) in [6.45, 7) is 6.26. The van der Waals surface area contributed by atoms with Crippen molar-refractivity contribution in [1.82, 2.24) is 0 Å². The Hall–Kier alpha value is -8.20. The Kier molecular flexibility index (Phi) is 8.98. The van der Waals surface area contributed by atoms with Crippen molar-refractivity contribution < 1.29 is 0 Å². The van der Waals surface area contributed by atoms with Crippen LogP contribution in [-0.2, 0) is 6.42 Å². The quantitative estimate of drug-likeness (QED) is 0.141. The minimum atomic E-state index is 0.994. The van der Waals surface area contributed by atoms with Gasteiger partial charge in [0.2, 0.25) is 0 Å². The van der Waals surface area contributed by atoms with E-state index in [1.165, 1.54) is 81.0 Å². The van der Waals surface area contributed by atoms with E-state index in [9.17, 15) is 0 Å². The van der Waals surface area contributed by atoms with Gasteiger partial charge in [-0.15, -0.1) is 0 Å². The topological polar surface area (TPSA) is 6.48 Å². The summed E-state index contributed by atoms with van der Waals surface area (Å²) < 4.78 is 0. The molecule has 0 fully saturated rings. The predicted octanol–water partition coefficient (Wildman–Crippen LogP) is 17.9. The second kappa shape index (κ2) is 15.3. The average Bonchev–Trinajstić information content (AvgIpc) is 3.37. The Bertz CT molecular complexity index is 3780. The van der Waals surface area contributed by atoms with Crippen molar-refractivity contribution in [2.75, 3.05) is 9.80 Å². The monoisotopic (exact) mass is 816 g/mol. The van der Waals surface area contributed by atoms with E-state index >= 15 is 0 Å². The molecular weight excluding hydrogens is 773 g/mol. The number of aryl methyl sites for hydroxylation is 1. The van der Waals surface area contributed by atoms with Gasteiger partial charge < -0.3 is 9.80 Å². The maximum atomic E-state index is 4.04.